The van der Waals surface area contributed by atoms with Gasteiger partial charge in [-0.3, -0.25) is 4.79 Å². The number of hydrogen-bond donors (Lipinski definition) is 1. The molecule has 3 aromatic rings. The Labute approximate surface area is 209 Å². The van der Waals surface area contributed by atoms with Gasteiger partial charge in [0.15, 0.2) is 10.7 Å². The molecule has 0 unspecified atom stereocenters. The summed E-state index contributed by atoms with van der Waals surface area (Å²) in [5.41, 5.74) is 1.92. The molecule has 1 fully saturated rings. The Kier molecular flexibility index (Phi) is 7.85. The summed E-state index contributed by atoms with van der Waals surface area (Å²) in [6.07, 6.45) is 4.13. The highest BCUT2D eigenvalue weighted by molar-refractivity contribution is 7.89. The molecule has 2 aromatic carbocycles. The lowest BCUT2D eigenvalue weighted by Crippen LogP contribution is -2.43. The molecule has 1 aliphatic rings. The number of nitrogens with zero attached hydrogens (tertiary/aromatic N) is 2. The highest BCUT2D eigenvalue weighted by Gasteiger charge is 2.35. The van der Waals surface area contributed by atoms with Crippen molar-refractivity contribution < 1.29 is 26.9 Å². The summed E-state index contributed by atoms with van der Waals surface area (Å²) < 4.78 is 51.8. The molecule has 0 aliphatic carbocycles. The second kappa shape index (κ2) is 11.0. The van der Waals surface area contributed by atoms with Crippen molar-refractivity contribution >= 4 is 28.1 Å². The molecule has 1 aliphatic heterocycles. The molecule has 8 nitrogen and oxygen atoms in total. The van der Waals surface area contributed by atoms with E-state index in [1.54, 1.807) is 38.3 Å². The number of piperidine rings is 1. The van der Waals surface area contributed by atoms with Crippen LogP contribution in [-0.4, -0.2) is 44.0 Å². The van der Waals surface area contributed by atoms with Crippen LogP contribution >= 0.6 is 0 Å². The number of hydrogen-bond acceptors (Lipinski definition) is 6. The second-order valence-electron chi connectivity index (χ2n) is 8.59. The summed E-state index contributed by atoms with van der Waals surface area (Å²) in [4.78, 5) is 12.6. The molecule has 1 saturated heterocycles. The minimum Gasteiger partial charge on any atom is -0.497 e. The first kappa shape index (κ1) is 25.6. The maximum atomic E-state index is 13.4. The Morgan fingerprint density at radius 1 is 1.14 bits per heavy atom. The molecule has 0 saturated carbocycles. The monoisotopic (exact) mass is 513 g/mol. The summed E-state index contributed by atoms with van der Waals surface area (Å²) in [5, 5.41) is 6.74. The van der Waals surface area contributed by atoms with Gasteiger partial charge in [-0.15, -0.1) is 0 Å². The van der Waals surface area contributed by atoms with Gasteiger partial charge in [0.25, 0.3) is 0 Å². The van der Waals surface area contributed by atoms with E-state index in [0.29, 0.717) is 19.4 Å². The molecule has 0 bridgehead atoms. The van der Waals surface area contributed by atoms with Crippen LogP contribution in [0, 0.1) is 18.7 Å². The third kappa shape index (κ3) is 5.83. The van der Waals surface area contributed by atoms with Gasteiger partial charge in [-0.2, -0.15) is 4.31 Å². The molecule has 0 atom stereocenters. The van der Waals surface area contributed by atoms with Gasteiger partial charge in [0.1, 0.15) is 17.3 Å². The maximum absolute atomic E-state index is 13.4. The van der Waals surface area contributed by atoms with Gasteiger partial charge in [0.2, 0.25) is 15.9 Å². The predicted octanol–water partition coefficient (Wildman–Crippen LogP) is 4.02. The molecule has 10 heteroatoms. The number of halogens is 1. The highest BCUT2D eigenvalue weighted by atomic mass is 32.2. The fraction of sp³-hybridized carbons (Fsp3) is 0.308. The minimum absolute atomic E-state index is 0.0338. The largest absolute Gasteiger partial charge is 0.497 e. The van der Waals surface area contributed by atoms with E-state index in [1.165, 1.54) is 16.4 Å². The molecular formula is C26H28FN3O5S. The minimum atomic E-state index is -3.86. The lowest BCUT2D eigenvalue weighted by molar-refractivity contribution is -0.126. The molecule has 0 radical (unpaired) electrons. The summed E-state index contributed by atoms with van der Waals surface area (Å²) in [7, 11) is -2.28. The normalized spacial score (nSPS) is 15.3. The second-order valence-corrected chi connectivity index (χ2v) is 10.5. The number of rotatable bonds is 8. The van der Waals surface area contributed by atoms with Crippen LogP contribution in [0.2, 0.25) is 0 Å². The molecular weight excluding hydrogens is 485 g/mol. The lowest BCUT2D eigenvalue weighted by atomic mass is 9.97. The standard InChI is InChI=1S/C26H28FN3O5S/c1-18-25(24(35-29-18)12-7-19-5-10-23(34-2)11-6-19)36(32,33)30-15-13-21(14-16-30)26(31)28-17-20-3-8-22(27)9-4-20/h3-12,21H,13-17H2,1-2H3,(H,28,31). The lowest BCUT2D eigenvalue weighted by Gasteiger charge is -2.30. The number of methoxy groups -OCH3 is 1. The zero-order chi connectivity index (χ0) is 25.7. The van der Waals surface area contributed by atoms with Crippen LogP contribution in [0.5, 0.6) is 5.75 Å². The molecule has 0 spiro atoms. The van der Waals surface area contributed by atoms with Crippen molar-refractivity contribution in [2.45, 2.75) is 31.2 Å². The van der Waals surface area contributed by atoms with E-state index in [-0.39, 0.29) is 47.1 Å². The van der Waals surface area contributed by atoms with Gasteiger partial charge < -0.3 is 14.6 Å². The predicted molar refractivity (Wildman–Crippen MR) is 133 cm³/mol. The van der Waals surface area contributed by atoms with Crippen molar-refractivity contribution in [2.75, 3.05) is 20.2 Å². The SMILES string of the molecule is COc1ccc(C=Cc2onc(C)c2S(=O)(=O)N2CCC(C(=O)NCc3ccc(F)cc3)CC2)cc1. The Balaban J connectivity index is 1.39. The van der Waals surface area contributed by atoms with Crippen LogP contribution in [0.4, 0.5) is 4.39 Å². The number of ether oxygens (including phenoxy) is 1. The number of sulfonamides is 1. The zero-order valence-electron chi connectivity index (χ0n) is 20.1. The zero-order valence-corrected chi connectivity index (χ0v) is 20.9. The molecule has 4 rings (SSSR count). The Bertz CT molecular complexity index is 1330. The van der Waals surface area contributed by atoms with Gasteiger partial charge in [-0.25, -0.2) is 12.8 Å². The summed E-state index contributed by atoms with van der Waals surface area (Å²) in [6.45, 7) is 2.31. The summed E-state index contributed by atoms with van der Waals surface area (Å²) in [6, 6.07) is 13.2. The van der Waals surface area contributed by atoms with E-state index >= 15 is 0 Å². The van der Waals surface area contributed by atoms with Crippen molar-refractivity contribution in [3.8, 4) is 5.75 Å². The number of carbonyl (C=O) groups is 1. The van der Waals surface area contributed by atoms with Crippen molar-refractivity contribution in [1.29, 1.82) is 0 Å². The van der Waals surface area contributed by atoms with Crippen molar-refractivity contribution in [1.82, 2.24) is 14.8 Å². The fourth-order valence-corrected chi connectivity index (χ4v) is 5.83. The van der Waals surface area contributed by atoms with E-state index < -0.39 is 10.0 Å². The maximum Gasteiger partial charge on any atom is 0.248 e. The van der Waals surface area contributed by atoms with Crippen LogP contribution in [-0.2, 0) is 21.4 Å². The average Bonchev–Trinajstić information content (AvgIpc) is 3.28. The molecule has 2 heterocycles. The van der Waals surface area contributed by atoms with E-state index in [4.69, 9.17) is 9.26 Å². The molecule has 1 amide bonds. The number of aryl methyl sites for hydroxylation is 1. The van der Waals surface area contributed by atoms with Crippen molar-refractivity contribution in [3.63, 3.8) is 0 Å². The first-order valence-electron chi connectivity index (χ1n) is 11.6. The van der Waals surface area contributed by atoms with E-state index in [0.717, 1.165) is 16.9 Å². The number of amides is 1. The molecule has 190 valence electrons. The molecule has 1 N–H and O–H groups in total. The average molecular weight is 514 g/mol. The fourth-order valence-electron chi connectivity index (χ4n) is 4.11. The molecule has 36 heavy (non-hydrogen) atoms. The van der Waals surface area contributed by atoms with E-state index in [1.807, 2.05) is 24.3 Å². The summed E-state index contributed by atoms with van der Waals surface area (Å²) in [5.74, 6) is 0.109. The van der Waals surface area contributed by atoms with Crippen molar-refractivity contribution in [3.05, 3.63) is 76.9 Å². The van der Waals surface area contributed by atoms with Crippen LogP contribution in [0.15, 0.2) is 57.9 Å². The third-order valence-corrected chi connectivity index (χ3v) is 8.24. The quantitative estimate of drug-likeness (QED) is 0.488. The van der Waals surface area contributed by atoms with Gasteiger partial charge in [-0.05, 0) is 61.2 Å². The number of carbonyl (C=O) groups excluding carboxylic acids is 1. The Hall–Kier alpha value is -3.50. The number of nitrogens with one attached hydrogen (secondary N) is 1. The van der Waals surface area contributed by atoms with Gasteiger partial charge >= 0.3 is 0 Å². The first-order valence-corrected chi connectivity index (χ1v) is 13.0. The number of aromatic nitrogens is 1. The van der Waals surface area contributed by atoms with Crippen LogP contribution < -0.4 is 10.1 Å². The number of benzene rings is 2. The van der Waals surface area contributed by atoms with Crippen molar-refractivity contribution in [2.24, 2.45) is 5.92 Å². The van der Waals surface area contributed by atoms with Gasteiger partial charge in [0, 0.05) is 25.6 Å². The van der Waals surface area contributed by atoms with E-state index in [9.17, 15) is 17.6 Å². The highest BCUT2D eigenvalue weighted by Crippen LogP contribution is 2.29. The Morgan fingerprint density at radius 2 is 1.81 bits per heavy atom. The topological polar surface area (TPSA) is 102 Å². The Morgan fingerprint density at radius 3 is 2.44 bits per heavy atom. The van der Waals surface area contributed by atoms with Crippen LogP contribution in [0.1, 0.15) is 35.4 Å². The van der Waals surface area contributed by atoms with Crippen LogP contribution in [0.3, 0.4) is 0 Å². The smallest absolute Gasteiger partial charge is 0.248 e. The first-order chi connectivity index (χ1) is 17.3. The summed E-state index contributed by atoms with van der Waals surface area (Å²) >= 11 is 0. The van der Waals surface area contributed by atoms with E-state index in [2.05, 4.69) is 10.5 Å². The van der Waals surface area contributed by atoms with Gasteiger partial charge in [0.05, 0.1) is 7.11 Å². The molecule has 1 aromatic heterocycles. The van der Waals surface area contributed by atoms with Gasteiger partial charge in [-0.1, -0.05) is 35.5 Å². The third-order valence-electron chi connectivity index (χ3n) is 6.18. The van der Waals surface area contributed by atoms with Crippen LogP contribution in [0.25, 0.3) is 12.2 Å².